The normalized spacial score (nSPS) is 21.5. The van der Waals surface area contributed by atoms with Crippen molar-refractivity contribution >= 4 is 5.82 Å². The Morgan fingerprint density at radius 2 is 2.15 bits per heavy atom. The maximum Gasteiger partial charge on any atom is 0.218 e. The summed E-state index contributed by atoms with van der Waals surface area (Å²) in [5.41, 5.74) is 2.14. The number of rotatable bonds is 5. The first-order valence-corrected chi connectivity index (χ1v) is 8.93. The second-order valence-corrected chi connectivity index (χ2v) is 7.10. The highest BCUT2D eigenvalue weighted by atomic mass is 16.5. The van der Waals surface area contributed by atoms with Crippen molar-refractivity contribution in [3.63, 3.8) is 0 Å². The van der Waals surface area contributed by atoms with Crippen LogP contribution in [-0.4, -0.2) is 53.5 Å². The molecule has 7 nitrogen and oxygen atoms in total. The summed E-state index contributed by atoms with van der Waals surface area (Å²) in [5.74, 6) is 1.45. The molecule has 0 bridgehead atoms. The predicted octanol–water partition coefficient (Wildman–Crippen LogP) is 2.14. The monoisotopic (exact) mass is 356 g/mol. The average Bonchev–Trinajstić information content (AvgIpc) is 2.65. The minimum absolute atomic E-state index is 0.133. The summed E-state index contributed by atoms with van der Waals surface area (Å²) in [6.07, 6.45) is 7.32. The van der Waals surface area contributed by atoms with Crippen LogP contribution in [0, 0.1) is 6.92 Å². The lowest BCUT2D eigenvalue weighted by Crippen LogP contribution is -2.66. The highest BCUT2D eigenvalue weighted by Crippen LogP contribution is 2.37. The Kier molecular flexibility index (Phi) is 4.74. The minimum atomic E-state index is -0.133. The number of hydrogen-bond donors (Lipinski definition) is 0. The molecule has 1 spiro atoms. The van der Waals surface area contributed by atoms with E-state index in [1.165, 1.54) is 6.33 Å². The molecule has 0 unspecified atom stereocenters. The van der Waals surface area contributed by atoms with Crippen LogP contribution in [-0.2, 0) is 16.1 Å². The number of nitrogens with zero attached hydrogens (tertiary/aromatic N) is 4. The van der Waals surface area contributed by atoms with Gasteiger partial charge in [0.1, 0.15) is 17.7 Å². The standard InChI is InChI=1S/C19H24N4O3/c1-14-5-15(9-20-8-14)10-25-16-3-4-26-19(7-16)11-23(12-19)17-6-18(24-2)22-13-21-17/h5-6,8-9,13,16H,3-4,7,10-12H2,1-2H3/t16-/m1/s1. The molecule has 0 aliphatic carbocycles. The van der Waals surface area contributed by atoms with Gasteiger partial charge < -0.3 is 19.1 Å². The number of aryl methyl sites for hydroxylation is 1. The minimum Gasteiger partial charge on any atom is -0.481 e. The van der Waals surface area contributed by atoms with Crippen LogP contribution >= 0.6 is 0 Å². The highest BCUT2D eigenvalue weighted by Gasteiger charge is 2.48. The van der Waals surface area contributed by atoms with Crippen LogP contribution in [0.5, 0.6) is 5.88 Å². The Bertz CT molecular complexity index is 764. The number of ether oxygens (including phenoxy) is 3. The van der Waals surface area contributed by atoms with Gasteiger partial charge >= 0.3 is 0 Å². The molecule has 1 atom stereocenters. The molecule has 2 fully saturated rings. The molecule has 2 aromatic rings. The second-order valence-electron chi connectivity index (χ2n) is 7.10. The molecule has 0 amide bonds. The molecule has 2 aromatic heterocycles. The SMILES string of the molecule is COc1cc(N2CC3(C[C@H](OCc4cncc(C)c4)CCO3)C2)ncn1. The summed E-state index contributed by atoms with van der Waals surface area (Å²) in [6.45, 7) is 5.02. The zero-order valence-corrected chi connectivity index (χ0v) is 15.2. The summed E-state index contributed by atoms with van der Waals surface area (Å²) in [6, 6.07) is 3.98. The van der Waals surface area contributed by atoms with Crippen LogP contribution < -0.4 is 9.64 Å². The van der Waals surface area contributed by atoms with E-state index in [-0.39, 0.29) is 11.7 Å². The first-order valence-electron chi connectivity index (χ1n) is 8.93. The van der Waals surface area contributed by atoms with Gasteiger partial charge in [-0.25, -0.2) is 9.97 Å². The van der Waals surface area contributed by atoms with Gasteiger partial charge in [-0.05, 0) is 24.5 Å². The summed E-state index contributed by atoms with van der Waals surface area (Å²) in [5, 5.41) is 0. The van der Waals surface area contributed by atoms with Crippen LogP contribution in [0.25, 0.3) is 0 Å². The van der Waals surface area contributed by atoms with Crippen molar-refractivity contribution in [3.8, 4) is 5.88 Å². The first-order chi connectivity index (χ1) is 12.7. The fraction of sp³-hybridized carbons (Fsp3) is 0.526. The number of hydrogen-bond acceptors (Lipinski definition) is 7. The molecule has 26 heavy (non-hydrogen) atoms. The van der Waals surface area contributed by atoms with Gasteiger partial charge in [0.15, 0.2) is 0 Å². The van der Waals surface area contributed by atoms with Gasteiger partial charge in [0.25, 0.3) is 0 Å². The van der Waals surface area contributed by atoms with Gasteiger partial charge in [-0.1, -0.05) is 6.07 Å². The van der Waals surface area contributed by atoms with Gasteiger partial charge in [0.05, 0.1) is 32.9 Å². The van der Waals surface area contributed by atoms with Crippen LogP contribution in [0.2, 0.25) is 0 Å². The molecule has 2 aliphatic heterocycles. The number of anilines is 1. The summed E-state index contributed by atoms with van der Waals surface area (Å²) < 4.78 is 17.4. The van der Waals surface area contributed by atoms with Gasteiger partial charge in [0.2, 0.25) is 5.88 Å². The van der Waals surface area contributed by atoms with E-state index >= 15 is 0 Å². The van der Waals surface area contributed by atoms with Crippen LogP contribution in [0.1, 0.15) is 24.0 Å². The van der Waals surface area contributed by atoms with Crippen LogP contribution in [0.3, 0.4) is 0 Å². The molecular formula is C19H24N4O3. The summed E-state index contributed by atoms with van der Waals surface area (Å²) in [7, 11) is 1.61. The van der Waals surface area contributed by atoms with Crippen molar-refractivity contribution in [3.05, 3.63) is 42.0 Å². The lowest BCUT2D eigenvalue weighted by Gasteiger charge is -2.53. The van der Waals surface area contributed by atoms with Crippen molar-refractivity contribution in [1.82, 2.24) is 15.0 Å². The Morgan fingerprint density at radius 1 is 1.27 bits per heavy atom. The van der Waals surface area contributed by atoms with E-state index in [0.29, 0.717) is 12.5 Å². The van der Waals surface area contributed by atoms with E-state index in [1.807, 2.05) is 25.4 Å². The van der Waals surface area contributed by atoms with Crippen molar-refractivity contribution in [2.45, 2.75) is 38.1 Å². The lowest BCUT2D eigenvalue weighted by atomic mass is 9.84. The lowest BCUT2D eigenvalue weighted by molar-refractivity contribution is -0.148. The molecule has 0 radical (unpaired) electrons. The first kappa shape index (κ1) is 17.2. The van der Waals surface area contributed by atoms with E-state index in [4.69, 9.17) is 14.2 Å². The van der Waals surface area contributed by atoms with E-state index in [2.05, 4.69) is 25.9 Å². The third kappa shape index (κ3) is 3.64. The molecule has 7 heteroatoms. The molecule has 4 rings (SSSR count). The Labute approximate surface area is 153 Å². The summed E-state index contributed by atoms with van der Waals surface area (Å²) >= 11 is 0. The number of pyridine rings is 1. The molecule has 0 saturated carbocycles. The topological polar surface area (TPSA) is 69.6 Å². The van der Waals surface area contributed by atoms with Crippen molar-refractivity contribution in [2.75, 3.05) is 31.7 Å². The largest absolute Gasteiger partial charge is 0.481 e. The molecule has 2 saturated heterocycles. The third-order valence-electron chi connectivity index (χ3n) is 4.98. The predicted molar refractivity (Wildman–Crippen MR) is 96.3 cm³/mol. The second kappa shape index (κ2) is 7.17. The fourth-order valence-electron chi connectivity index (χ4n) is 3.68. The van der Waals surface area contributed by atoms with E-state index in [1.54, 1.807) is 7.11 Å². The molecular weight excluding hydrogens is 332 g/mol. The van der Waals surface area contributed by atoms with Crippen LogP contribution in [0.4, 0.5) is 5.82 Å². The van der Waals surface area contributed by atoms with Gasteiger partial charge in [0, 0.05) is 31.5 Å². The molecule has 0 N–H and O–H groups in total. The number of methoxy groups -OCH3 is 1. The highest BCUT2D eigenvalue weighted by molar-refractivity contribution is 5.45. The third-order valence-corrected chi connectivity index (χ3v) is 4.98. The van der Waals surface area contributed by atoms with Gasteiger partial charge in [-0.15, -0.1) is 0 Å². The van der Waals surface area contributed by atoms with Crippen molar-refractivity contribution in [1.29, 1.82) is 0 Å². The van der Waals surface area contributed by atoms with E-state index < -0.39 is 0 Å². The molecule has 0 aromatic carbocycles. The fourth-order valence-corrected chi connectivity index (χ4v) is 3.68. The Morgan fingerprint density at radius 3 is 2.96 bits per heavy atom. The number of aromatic nitrogens is 3. The van der Waals surface area contributed by atoms with Crippen molar-refractivity contribution < 1.29 is 14.2 Å². The Balaban J connectivity index is 1.33. The van der Waals surface area contributed by atoms with E-state index in [0.717, 1.165) is 49.5 Å². The molecule has 2 aliphatic rings. The van der Waals surface area contributed by atoms with Crippen molar-refractivity contribution in [2.24, 2.45) is 0 Å². The van der Waals surface area contributed by atoms with E-state index in [9.17, 15) is 0 Å². The molecule has 4 heterocycles. The quantitative estimate of drug-likeness (QED) is 0.813. The zero-order valence-electron chi connectivity index (χ0n) is 15.2. The Hall–Kier alpha value is -2.25. The summed E-state index contributed by atoms with van der Waals surface area (Å²) in [4.78, 5) is 14.8. The maximum absolute atomic E-state index is 6.15. The smallest absolute Gasteiger partial charge is 0.218 e. The van der Waals surface area contributed by atoms with Crippen LogP contribution in [0.15, 0.2) is 30.9 Å². The zero-order chi connectivity index (χ0) is 18.0. The molecule has 138 valence electrons. The van der Waals surface area contributed by atoms with Gasteiger partial charge in [-0.2, -0.15) is 0 Å². The average molecular weight is 356 g/mol. The van der Waals surface area contributed by atoms with Gasteiger partial charge in [-0.3, -0.25) is 4.98 Å². The maximum atomic E-state index is 6.15.